The first-order valence-corrected chi connectivity index (χ1v) is 5.50. The first-order chi connectivity index (χ1) is 8.58. The fourth-order valence-electron chi connectivity index (χ4n) is 1.63. The van der Waals surface area contributed by atoms with E-state index in [1.54, 1.807) is 36.4 Å². The second-order valence-corrected chi connectivity index (χ2v) is 4.02. The minimum atomic E-state index is -0.469. The molecule has 18 heavy (non-hydrogen) atoms. The average Bonchev–Trinajstić information content (AvgIpc) is 2.34. The summed E-state index contributed by atoms with van der Waals surface area (Å²) in [5, 5.41) is 2.51. The number of halogens is 1. The van der Waals surface area contributed by atoms with Crippen molar-refractivity contribution in [2.75, 3.05) is 11.1 Å². The van der Waals surface area contributed by atoms with Crippen molar-refractivity contribution in [3.8, 4) is 0 Å². The number of nitrogen functional groups attached to an aromatic ring is 1. The third-order valence-electron chi connectivity index (χ3n) is 2.58. The molecule has 2 aromatic rings. The molecule has 4 heteroatoms. The summed E-state index contributed by atoms with van der Waals surface area (Å²) >= 11 is 0. The molecule has 0 aliphatic carbocycles. The Hall–Kier alpha value is -2.36. The minimum Gasteiger partial charge on any atom is -0.398 e. The van der Waals surface area contributed by atoms with Crippen LogP contribution < -0.4 is 11.1 Å². The maximum absolute atomic E-state index is 13.5. The first kappa shape index (κ1) is 12.1. The molecule has 0 unspecified atom stereocenters. The zero-order valence-corrected chi connectivity index (χ0v) is 9.91. The maximum atomic E-state index is 13.5. The molecule has 0 aliphatic rings. The summed E-state index contributed by atoms with van der Waals surface area (Å²) in [5.74, 6) is -0.888. The van der Waals surface area contributed by atoms with Gasteiger partial charge in [-0.2, -0.15) is 0 Å². The highest BCUT2D eigenvalue weighted by atomic mass is 19.1. The van der Waals surface area contributed by atoms with Gasteiger partial charge in [-0.15, -0.1) is 0 Å². The Kier molecular flexibility index (Phi) is 3.28. The summed E-state index contributed by atoms with van der Waals surface area (Å²) in [7, 11) is 0. The Labute approximate surface area is 104 Å². The summed E-state index contributed by atoms with van der Waals surface area (Å²) in [6.07, 6.45) is 0. The molecule has 0 radical (unpaired) electrons. The van der Waals surface area contributed by atoms with Crippen LogP contribution in [0.3, 0.4) is 0 Å². The average molecular weight is 244 g/mol. The van der Waals surface area contributed by atoms with E-state index in [4.69, 9.17) is 5.73 Å². The van der Waals surface area contributed by atoms with E-state index in [2.05, 4.69) is 5.32 Å². The van der Waals surface area contributed by atoms with Crippen LogP contribution in [0.2, 0.25) is 0 Å². The molecule has 0 saturated heterocycles. The van der Waals surface area contributed by atoms with Crippen LogP contribution in [-0.4, -0.2) is 5.91 Å². The Morgan fingerprint density at radius 3 is 2.67 bits per heavy atom. The van der Waals surface area contributed by atoms with E-state index in [-0.39, 0.29) is 5.69 Å². The molecule has 0 aliphatic heterocycles. The van der Waals surface area contributed by atoms with Crippen molar-refractivity contribution in [2.45, 2.75) is 6.92 Å². The standard InChI is InChI=1S/C14H13FN2O/c1-9-6-7-11(15)13(8-9)17-14(18)10-4-2-3-5-12(10)16/h2-8H,16H2,1H3,(H,17,18). The van der Waals surface area contributed by atoms with Crippen LogP contribution in [0.5, 0.6) is 0 Å². The summed E-state index contributed by atoms with van der Waals surface area (Å²) in [6.45, 7) is 1.83. The van der Waals surface area contributed by atoms with E-state index in [0.29, 0.717) is 11.3 Å². The molecule has 0 fully saturated rings. The van der Waals surface area contributed by atoms with Gasteiger partial charge in [0.25, 0.3) is 5.91 Å². The third kappa shape index (κ3) is 2.48. The second kappa shape index (κ2) is 4.87. The van der Waals surface area contributed by atoms with Crippen molar-refractivity contribution in [3.63, 3.8) is 0 Å². The Bertz CT molecular complexity index is 596. The van der Waals surface area contributed by atoms with Gasteiger partial charge in [-0.3, -0.25) is 4.79 Å². The molecule has 92 valence electrons. The first-order valence-electron chi connectivity index (χ1n) is 5.50. The second-order valence-electron chi connectivity index (χ2n) is 4.02. The SMILES string of the molecule is Cc1ccc(F)c(NC(=O)c2ccccc2N)c1. The molecule has 3 N–H and O–H groups in total. The molecule has 2 rings (SSSR count). The number of rotatable bonds is 2. The minimum absolute atomic E-state index is 0.156. The largest absolute Gasteiger partial charge is 0.398 e. The van der Waals surface area contributed by atoms with Crippen molar-refractivity contribution in [1.82, 2.24) is 0 Å². The Morgan fingerprint density at radius 1 is 1.22 bits per heavy atom. The van der Waals surface area contributed by atoms with Crippen LogP contribution in [0.1, 0.15) is 15.9 Å². The zero-order chi connectivity index (χ0) is 13.1. The van der Waals surface area contributed by atoms with Gasteiger partial charge < -0.3 is 11.1 Å². The van der Waals surface area contributed by atoms with Gasteiger partial charge in [0.1, 0.15) is 5.82 Å². The van der Waals surface area contributed by atoms with Gasteiger partial charge in [0.15, 0.2) is 0 Å². The Balaban J connectivity index is 2.27. The fourth-order valence-corrected chi connectivity index (χ4v) is 1.63. The lowest BCUT2D eigenvalue weighted by molar-refractivity contribution is 0.102. The molecular formula is C14H13FN2O. The highest BCUT2D eigenvalue weighted by molar-refractivity contribution is 6.07. The van der Waals surface area contributed by atoms with E-state index in [9.17, 15) is 9.18 Å². The molecule has 0 spiro atoms. The van der Waals surface area contributed by atoms with Crippen LogP contribution in [0.4, 0.5) is 15.8 Å². The van der Waals surface area contributed by atoms with Crippen LogP contribution in [-0.2, 0) is 0 Å². The summed E-state index contributed by atoms with van der Waals surface area (Å²) in [4.78, 5) is 11.9. The van der Waals surface area contributed by atoms with Crippen molar-refractivity contribution in [1.29, 1.82) is 0 Å². The van der Waals surface area contributed by atoms with E-state index in [1.807, 2.05) is 6.92 Å². The van der Waals surface area contributed by atoms with Crippen molar-refractivity contribution >= 4 is 17.3 Å². The number of amides is 1. The van der Waals surface area contributed by atoms with Crippen LogP contribution in [0.15, 0.2) is 42.5 Å². The zero-order valence-electron chi connectivity index (χ0n) is 9.91. The molecule has 0 saturated carbocycles. The van der Waals surface area contributed by atoms with E-state index in [0.717, 1.165) is 5.56 Å². The predicted octanol–water partition coefficient (Wildman–Crippen LogP) is 2.97. The van der Waals surface area contributed by atoms with Crippen LogP contribution >= 0.6 is 0 Å². The molecule has 0 aromatic heterocycles. The molecule has 1 amide bonds. The van der Waals surface area contributed by atoms with Crippen molar-refractivity contribution in [3.05, 3.63) is 59.4 Å². The predicted molar refractivity (Wildman–Crippen MR) is 69.9 cm³/mol. The number of nitrogens with one attached hydrogen (secondary N) is 1. The monoisotopic (exact) mass is 244 g/mol. The maximum Gasteiger partial charge on any atom is 0.257 e. The fraction of sp³-hybridized carbons (Fsp3) is 0.0714. The molecule has 0 heterocycles. The number of aryl methyl sites for hydroxylation is 1. The van der Waals surface area contributed by atoms with E-state index >= 15 is 0 Å². The van der Waals surface area contributed by atoms with Crippen LogP contribution in [0.25, 0.3) is 0 Å². The normalized spacial score (nSPS) is 10.1. The number of anilines is 2. The molecular weight excluding hydrogens is 231 g/mol. The summed E-state index contributed by atoms with van der Waals surface area (Å²) in [5.41, 5.74) is 7.41. The van der Waals surface area contributed by atoms with Gasteiger partial charge in [-0.1, -0.05) is 18.2 Å². The quantitative estimate of drug-likeness (QED) is 0.798. The number of carbonyl (C=O) groups excluding carboxylic acids is 1. The van der Waals surface area contributed by atoms with Gasteiger partial charge in [0.05, 0.1) is 11.3 Å². The van der Waals surface area contributed by atoms with Gasteiger partial charge in [0.2, 0.25) is 0 Å². The molecule has 3 nitrogen and oxygen atoms in total. The number of benzene rings is 2. The summed E-state index contributed by atoms with van der Waals surface area (Å²) < 4.78 is 13.5. The molecule has 0 atom stereocenters. The lowest BCUT2D eigenvalue weighted by atomic mass is 10.1. The molecule has 0 bridgehead atoms. The number of hydrogen-bond acceptors (Lipinski definition) is 2. The van der Waals surface area contributed by atoms with Crippen LogP contribution in [0, 0.1) is 12.7 Å². The number of nitrogens with two attached hydrogens (primary N) is 1. The van der Waals surface area contributed by atoms with Crippen molar-refractivity contribution in [2.24, 2.45) is 0 Å². The highest BCUT2D eigenvalue weighted by Crippen LogP contribution is 2.18. The van der Waals surface area contributed by atoms with Gasteiger partial charge in [-0.25, -0.2) is 4.39 Å². The summed E-state index contributed by atoms with van der Waals surface area (Å²) in [6, 6.07) is 11.2. The van der Waals surface area contributed by atoms with E-state index < -0.39 is 11.7 Å². The number of para-hydroxylation sites is 1. The van der Waals surface area contributed by atoms with Gasteiger partial charge in [-0.05, 0) is 36.8 Å². The van der Waals surface area contributed by atoms with Gasteiger partial charge >= 0.3 is 0 Å². The van der Waals surface area contributed by atoms with Crippen molar-refractivity contribution < 1.29 is 9.18 Å². The smallest absolute Gasteiger partial charge is 0.257 e. The number of carbonyl (C=O) groups is 1. The Morgan fingerprint density at radius 2 is 1.94 bits per heavy atom. The highest BCUT2D eigenvalue weighted by Gasteiger charge is 2.11. The van der Waals surface area contributed by atoms with E-state index in [1.165, 1.54) is 6.07 Å². The number of hydrogen-bond donors (Lipinski definition) is 2. The lowest BCUT2D eigenvalue weighted by Gasteiger charge is -2.08. The molecule has 2 aromatic carbocycles. The third-order valence-corrected chi connectivity index (χ3v) is 2.58. The topological polar surface area (TPSA) is 55.1 Å². The van der Waals surface area contributed by atoms with Gasteiger partial charge in [0, 0.05) is 5.69 Å². The lowest BCUT2D eigenvalue weighted by Crippen LogP contribution is -2.14.